The van der Waals surface area contributed by atoms with E-state index in [1.807, 2.05) is 66.8 Å². The molecule has 0 aliphatic rings. The first kappa shape index (κ1) is 54.1. The minimum atomic E-state index is -0.830. The minimum absolute atomic E-state index is 0.124. The van der Waals surface area contributed by atoms with E-state index < -0.39 is 12.1 Å². The van der Waals surface area contributed by atoms with Crippen molar-refractivity contribution in [2.24, 2.45) is 0 Å². The van der Waals surface area contributed by atoms with Crippen molar-refractivity contribution in [1.82, 2.24) is 0 Å². The lowest BCUT2D eigenvalue weighted by molar-refractivity contribution is -0.166. The molecular weight excluding hydrogens is 721 g/mol. The number of esters is 3. The van der Waals surface area contributed by atoms with Crippen LogP contribution in [0.1, 0.15) is 181 Å². The van der Waals surface area contributed by atoms with Gasteiger partial charge in [0.05, 0.1) is 6.42 Å². The highest BCUT2D eigenvalue weighted by molar-refractivity contribution is 5.72. The zero-order valence-electron chi connectivity index (χ0n) is 37.0. The summed E-state index contributed by atoms with van der Waals surface area (Å²) in [4.78, 5) is 37.7. The highest BCUT2D eigenvalue weighted by atomic mass is 16.6. The van der Waals surface area contributed by atoms with Crippen molar-refractivity contribution >= 4 is 17.9 Å². The molecule has 0 bridgehead atoms. The van der Waals surface area contributed by atoms with Crippen molar-refractivity contribution in [1.29, 1.82) is 0 Å². The predicted molar refractivity (Wildman–Crippen MR) is 247 cm³/mol. The molecule has 0 aromatic carbocycles. The largest absolute Gasteiger partial charge is 0.462 e. The molecule has 0 fully saturated rings. The first-order valence-electron chi connectivity index (χ1n) is 23.0. The molecule has 326 valence electrons. The molecule has 6 heteroatoms. The van der Waals surface area contributed by atoms with Crippen LogP contribution in [0.15, 0.2) is 109 Å². The second-order valence-corrected chi connectivity index (χ2v) is 14.7. The Kier molecular flexibility index (Phi) is 42.7. The van der Waals surface area contributed by atoms with Gasteiger partial charge in [0.1, 0.15) is 13.2 Å². The fourth-order valence-electron chi connectivity index (χ4n) is 5.83. The Balaban J connectivity index is 4.52. The lowest BCUT2D eigenvalue weighted by Gasteiger charge is -2.18. The van der Waals surface area contributed by atoms with Gasteiger partial charge in [-0.15, -0.1) is 0 Å². The maximum Gasteiger partial charge on any atom is 0.309 e. The molecule has 58 heavy (non-hydrogen) atoms. The van der Waals surface area contributed by atoms with Crippen LogP contribution in [-0.2, 0) is 28.6 Å². The summed E-state index contributed by atoms with van der Waals surface area (Å²) < 4.78 is 16.6. The molecule has 0 rings (SSSR count). The second-order valence-electron chi connectivity index (χ2n) is 14.7. The molecule has 0 spiro atoms. The fraction of sp³-hybridized carbons (Fsp3) is 0.596. The van der Waals surface area contributed by atoms with Crippen LogP contribution in [0.2, 0.25) is 0 Å². The average molecular weight is 803 g/mol. The van der Waals surface area contributed by atoms with E-state index in [2.05, 4.69) is 57.2 Å². The average Bonchev–Trinajstić information content (AvgIpc) is 3.22. The van der Waals surface area contributed by atoms with E-state index >= 15 is 0 Å². The lowest BCUT2D eigenvalue weighted by Crippen LogP contribution is -2.30. The molecule has 0 N–H and O–H groups in total. The normalized spacial score (nSPS) is 13.1. The summed E-state index contributed by atoms with van der Waals surface area (Å²) in [5.41, 5.74) is 0. The number of rotatable bonds is 39. The molecule has 0 radical (unpaired) electrons. The van der Waals surface area contributed by atoms with Gasteiger partial charge >= 0.3 is 17.9 Å². The molecule has 0 aromatic rings. The van der Waals surface area contributed by atoms with Gasteiger partial charge in [0.2, 0.25) is 0 Å². The van der Waals surface area contributed by atoms with Crippen molar-refractivity contribution in [2.45, 2.75) is 187 Å². The smallest absolute Gasteiger partial charge is 0.309 e. The molecule has 1 atom stereocenters. The highest BCUT2D eigenvalue weighted by Gasteiger charge is 2.19. The highest BCUT2D eigenvalue weighted by Crippen LogP contribution is 2.14. The van der Waals surface area contributed by atoms with Crippen LogP contribution in [0.4, 0.5) is 0 Å². The van der Waals surface area contributed by atoms with Crippen molar-refractivity contribution in [3.05, 3.63) is 109 Å². The standard InChI is InChI=1S/C52H82O6/c1-4-7-10-13-16-19-21-23-25-26-27-29-30-33-36-39-42-45-51(54)57-48-49(47-56-50(53)44-41-38-35-32-18-15-12-9-6-3)58-52(55)46-43-40-37-34-31-28-24-22-20-17-14-11-8-5-2/h7,9-10,12-13,16,18-19,21,23,25-27,29-30,32,38,41,49H,4-6,8,11,14-15,17,20,22,24,28,31,33-37,39-40,42-48H2,1-3H3/b10-7-,12-9-,16-13-,21-19-,25-23-,27-26+,30-29-,32-18-,41-38-. The Labute approximate surface area is 355 Å². The van der Waals surface area contributed by atoms with Gasteiger partial charge in [-0.1, -0.05) is 220 Å². The van der Waals surface area contributed by atoms with Crippen molar-refractivity contribution in [3.8, 4) is 0 Å². The van der Waals surface area contributed by atoms with Gasteiger partial charge in [0.25, 0.3) is 0 Å². The molecule has 0 saturated carbocycles. The van der Waals surface area contributed by atoms with Crippen molar-refractivity contribution in [2.75, 3.05) is 13.2 Å². The van der Waals surface area contributed by atoms with Crippen LogP contribution in [0.3, 0.4) is 0 Å². The molecule has 0 amide bonds. The van der Waals surface area contributed by atoms with Gasteiger partial charge in [-0.3, -0.25) is 14.4 Å². The number of carbonyl (C=O) groups is 3. The zero-order chi connectivity index (χ0) is 42.3. The Hall–Kier alpha value is -3.93. The van der Waals surface area contributed by atoms with E-state index in [-0.39, 0.29) is 31.6 Å². The number of carbonyl (C=O) groups excluding carboxylic acids is 3. The van der Waals surface area contributed by atoms with Gasteiger partial charge in [-0.05, 0) is 51.4 Å². The SMILES string of the molecule is CC\C=C/C=C\C=C/C=C\C=C\C=C/CCCCCC(=O)OCC(COC(=O)C/C=C\C/C=C\C/C=C\CC)OC(=O)CCCCCCCCCCCCCCCC. The fourth-order valence-corrected chi connectivity index (χ4v) is 5.83. The third kappa shape index (κ3) is 43.2. The van der Waals surface area contributed by atoms with E-state index in [0.717, 1.165) is 70.6 Å². The quantitative estimate of drug-likeness (QED) is 0.0202. The minimum Gasteiger partial charge on any atom is -0.462 e. The van der Waals surface area contributed by atoms with Gasteiger partial charge in [0.15, 0.2) is 6.10 Å². The van der Waals surface area contributed by atoms with Crippen LogP contribution in [0.25, 0.3) is 0 Å². The van der Waals surface area contributed by atoms with Crippen molar-refractivity contribution in [3.63, 3.8) is 0 Å². The molecule has 6 nitrogen and oxygen atoms in total. The number of unbranched alkanes of at least 4 members (excludes halogenated alkanes) is 16. The number of hydrogen-bond donors (Lipinski definition) is 0. The Morgan fingerprint density at radius 1 is 0.397 bits per heavy atom. The summed E-state index contributed by atoms with van der Waals surface area (Å²) in [5.74, 6) is -1.11. The van der Waals surface area contributed by atoms with E-state index in [1.54, 1.807) is 6.08 Å². The summed E-state index contributed by atoms with van der Waals surface area (Å²) in [6.07, 6.45) is 61.0. The Morgan fingerprint density at radius 2 is 0.810 bits per heavy atom. The van der Waals surface area contributed by atoms with E-state index in [1.165, 1.54) is 70.6 Å². The van der Waals surface area contributed by atoms with Gasteiger partial charge in [0, 0.05) is 12.8 Å². The molecular formula is C52H82O6. The van der Waals surface area contributed by atoms with Crippen LogP contribution >= 0.6 is 0 Å². The molecule has 0 aliphatic heterocycles. The monoisotopic (exact) mass is 803 g/mol. The first-order chi connectivity index (χ1) is 28.5. The number of allylic oxidation sites excluding steroid dienone is 17. The molecule has 0 heterocycles. The number of ether oxygens (including phenoxy) is 3. The zero-order valence-corrected chi connectivity index (χ0v) is 37.0. The summed E-state index contributed by atoms with van der Waals surface area (Å²) >= 11 is 0. The topological polar surface area (TPSA) is 78.9 Å². The summed E-state index contributed by atoms with van der Waals surface area (Å²) in [6, 6.07) is 0. The van der Waals surface area contributed by atoms with Crippen LogP contribution < -0.4 is 0 Å². The van der Waals surface area contributed by atoms with E-state index in [0.29, 0.717) is 12.8 Å². The Bertz CT molecular complexity index is 1240. The number of hydrogen-bond acceptors (Lipinski definition) is 6. The third-order valence-corrected chi connectivity index (χ3v) is 9.22. The first-order valence-corrected chi connectivity index (χ1v) is 23.0. The maximum atomic E-state index is 12.7. The predicted octanol–water partition coefficient (Wildman–Crippen LogP) is 14.8. The summed E-state index contributed by atoms with van der Waals surface area (Å²) in [7, 11) is 0. The van der Waals surface area contributed by atoms with Gasteiger partial charge < -0.3 is 14.2 Å². The van der Waals surface area contributed by atoms with Crippen molar-refractivity contribution < 1.29 is 28.6 Å². The molecule has 1 unspecified atom stereocenters. The lowest BCUT2D eigenvalue weighted by atomic mass is 10.0. The molecule has 0 aliphatic carbocycles. The van der Waals surface area contributed by atoms with Gasteiger partial charge in [-0.25, -0.2) is 0 Å². The molecule has 0 saturated heterocycles. The van der Waals surface area contributed by atoms with E-state index in [4.69, 9.17) is 14.2 Å². The van der Waals surface area contributed by atoms with Crippen LogP contribution in [0.5, 0.6) is 0 Å². The molecule has 0 aromatic heterocycles. The third-order valence-electron chi connectivity index (χ3n) is 9.22. The maximum absolute atomic E-state index is 12.7. The Morgan fingerprint density at radius 3 is 1.34 bits per heavy atom. The summed E-state index contributed by atoms with van der Waals surface area (Å²) in [5, 5.41) is 0. The summed E-state index contributed by atoms with van der Waals surface area (Å²) in [6.45, 7) is 6.21. The van der Waals surface area contributed by atoms with Gasteiger partial charge in [-0.2, -0.15) is 0 Å². The van der Waals surface area contributed by atoms with Crippen LogP contribution in [0, 0.1) is 0 Å². The second kappa shape index (κ2) is 45.8. The van der Waals surface area contributed by atoms with E-state index in [9.17, 15) is 14.4 Å². The van der Waals surface area contributed by atoms with Crippen LogP contribution in [-0.4, -0.2) is 37.2 Å².